The van der Waals surface area contributed by atoms with Crippen LogP contribution in [0.3, 0.4) is 0 Å². The highest BCUT2D eigenvalue weighted by Gasteiger charge is 2.17. The first-order chi connectivity index (χ1) is 11.9. The first-order valence-corrected chi connectivity index (χ1v) is 8.29. The van der Waals surface area contributed by atoms with Crippen LogP contribution >= 0.6 is 0 Å². The van der Waals surface area contributed by atoms with Crippen molar-refractivity contribution in [2.24, 2.45) is 0 Å². The summed E-state index contributed by atoms with van der Waals surface area (Å²) in [7, 11) is 0. The second-order valence-electron chi connectivity index (χ2n) is 6.13. The van der Waals surface area contributed by atoms with Crippen LogP contribution in [0, 0.1) is 0 Å². The zero-order valence-corrected chi connectivity index (χ0v) is 14.8. The molecule has 0 radical (unpaired) electrons. The number of carboxylic acids is 1. The van der Waals surface area contributed by atoms with E-state index in [1.807, 2.05) is 51.1 Å². The number of amides is 1. The van der Waals surface area contributed by atoms with Crippen LogP contribution in [0.4, 0.5) is 5.69 Å². The molecule has 0 aliphatic carbocycles. The number of aromatic carboxylic acids is 1. The van der Waals surface area contributed by atoms with Gasteiger partial charge >= 0.3 is 5.97 Å². The molecule has 0 saturated carbocycles. The van der Waals surface area contributed by atoms with E-state index in [4.69, 9.17) is 0 Å². The van der Waals surface area contributed by atoms with Crippen molar-refractivity contribution >= 4 is 17.6 Å². The van der Waals surface area contributed by atoms with E-state index in [1.165, 1.54) is 0 Å². The van der Waals surface area contributed by atoms with Gasteiger partial charge in [0.25, 0.3) is 5.91 Å². The summed E-state index contributed by atoms with van der Waals surface area (Å²) in [4.78, 5) is 25.7. The number of carboxylic acid groups (broad SMARTS) is 1. The summed E-state index contributed by atoms with van der Waals surface area (Å²) in [5, 5.41) is 9.18. The van der Waals surface area contributed by atoms with Gasteiger partial charge < -0.3 is 10.0 Å². The van der Waals surface area contributed by atoms with Gasteiger partial charge in [0, 0.05) is 11.8 Å². The summed E-state index contributed by atoms with van der Waals surface area (Å²) < 4.78 is 0. The molecule has 0 aromatic heterocycles. The average Bonchev–Trinajstić information content (AvgIpc) is 2.59. The van der Waals surface area contributed by atoms with E-state index in [1.54, 1.807) is 29.2 Å². The Morgan fingerprint density at radius 1 is 1.08 bits per heavy atom. The zero-order chi connectivity index (χ0) is 18.4. The lowest BCUT2D eigenvalue weighted by molar-refractivity contribution is -0.114. The minimum atomic E-state index is -0.974. The summed E-state index contributed by atoms with van der Waals surface area (Å²) in [5.74, 6) is -1.08. The molecule has 0 bridgehead atoms. The lowest BCUT2D eigenvalue weighted by Crippen LogP contribution is -2.30. The maximum absolute atomic E-state index is 12.8. The smallest absolute Gasteiger partial charge is 0.335 e. The van der Waals surface area contributed by atoms with E-state index in [0.29, 0.717) is 6.54 Å². The number of hydrogen-bond donors (Lipinski definition) is 1. The molecule has 1 N–H and O–H groups in total. The van der Waals surface area contributed by atoms with Crippen molar-refractivity contribution in [1.29, 1.82) is 0 Å². The van der Waals surface area contributed by atoms with Crippen LogP contribution in [0.2, 0.25) is 0 Å². The van der Waals surface area contributed by atoms with Gasteiger partial charge in [0.1, 0.15) is 0 Å². The number of anilines is 1. The third kappa shape index (κ3) is 4.80. The number of carbonyl (C=O) groups excluding carboxylic acids is 1. The maximum Gasteiger partial charge on any atom is 0.335 e. The molecule has 0 heterocycles. The normalized spacial score (nSPS) is 10.2. The average molecular weight is 337 g/mol. The van der Waals surface area contributed by atoms with Gasteiger partial charge in [0.2, 0.25) is 0 Å². The minimum Gasteiger partial charge on any atom is -0.478 e. The van der Waals surface area contributed by atoms with Crippen LogP contribution in [0.1, 0.15) is 42.3 Å². The van der Waals surface area contributed by atoms with Gasteiger partial charge in [0.15, 0.2) is 0 Å². The molecule has 0 atom stereocenters. The Morgan fingerprint density at radius 3 is 2.44 bits per heavy atom. The van der Waals surface area contributed by atoms with Crippen LogP contribution in [0.5, 0.6) is 0 Å². The largest absolute Gasteiger partial charge is 0.478 e. The van der Waals surface area contributed by atoms with Crippen LogP contribution in [0.15, 0.2) is 60.2 Å². The highest BCUT2D eigenvalue weighted by molar-refractivity contribution is 6.02. The third-order valence-electron chi connectivity index (χ3n) is 3.86. The predicted octanol–water partition coefficient (Wildman–Crippen LogP) is 4.45. The minimum absolute atomic E-state index is 0.110. The summed E-state index contributed by atoms with van der Waals surface area (Å²) >= 11 is 0. The van der Waals surface area contributed by atoms with E-state index in [2.05, 4.69) is 0 Å². The van der Waals surface area contributed by atoms with Crippen LogP contribution in [0.25, 0.3) is 0 Å². The van der Waals surface area contributed by atoms with E-state index < -0.39 is 5.97 Å². The van der Waals surface area contributed by atoms with Crippen LogP contribution < -0.4 is 4.90 Å². The molecule has 1 amide bonds. The number of hydrogen-bond acceptors (Lipinski definition) is 2. The number of allylic oxidation sites excluding steroid dienone is 1. The monoisotopic (exact) mass is 337 g/mol. The van der Waals surface area contributed by atoms with Crippen molar-refractivity contribution in [3.8, 4) is 0 Å². The second-order valence-corrected chi connectivity index (χ2v) is 6.13. The summed E-state index contributed by atoms with van der Waals surface area (Å²) in [6.07, 6.45) is 2.41. The Morgan fingerprint density at radius 2 is 1.80 bits per heavy atom. The first kappa shape index (κ1) is 18.5. The number of nitrogens with zero attached hydrogens (tertiary/aromatic N) is 1. The quantitative estimate of drug-likeness (QED) is 0.793. The van der Waals surface area contributed by atoms with Gasteiger partial charge in [-0.3, -0.25) is 4.79 Å². The molecule has 2 rings (SSSR count). The molecule has 2 aromatic carbocycles. The first-order valence-electron chi connectivity index (χ1n) is 8.29. The second kappa shape index (κ2) is 8.29. The Kier molecular flexibility index (Phi) is 6.12. The fraction of sp³-hybridized carbons (Fsp3) is 0.238. The lowest BCUT2D eigenvalue weighted by Gasteiger charge is -2.24. The highest BCUT2D eigenvalue weighted by atomic mass is 16.4. The number of rotatable bonds is 6. The van der Waals surface area contributed by atoms with Crippen LogP contribution in [-0.2, 0) is 17.8 Å². The van der Waals surface area contributed by atoms with E-state index >= 15 is 0 Å². The van der Waals surface area contributed by atoms with Crippen molar-refractivity contribution < 1.29 is 14.7 Å². The van der Waals surface area contributed by atoms with Gasteiger partial charge in [0.05, 0.1) is 12.1 Å². The fourth-order valence-electron chi connectivity index (χ4n) is 2.67. The molecular weight excluding hydrogens is 314 g/mol. The van der Waals surface area contributed by atoms with Crippen molar-refractivity contribution in [1.82, 2.24) is 0 Å². The number of aryl methyl sites for hydroxylation is 1. The van der Waals surface area contributed by atoms with E-state index in [0.717, 1.165) is 28.8 Å². The standard InChI is InChI=1S/C21H23NO3/c1-4-17-9-5-6-11-19(17)22(20(23)12-15(2)3)14-16-8-7-10-18(13-16)21(24)25/h5-13H,4,14H2,1-3H3,(H,24,25). The SMILES string of the molecule is CCc1ccccc1N(Cc1cccc(C(=O)O)c1)C(=O)C=C(C)C. The van der Waals surface area contributed by atoms with Gasteiger partial charge in [-0.1, -0.05) is 42.8 Å². The van der Waals surface area contributed by atoms with Gasteiger partial charge in [-0.2, -0.15) is 0 Å². The molecule has 0 spiro atoms. The Balaban J connectivity index is 2.45. The van der Waals surface area contributed by atoms with Gasteiger partial charge in [-0.25, -0.2) is 4.79 Å². The van der Waals surface area contributed by atoms with Crippen molar-refractivity contribution in [3.05, 3.63) is 76.9 Å². The number of benzene rings is 2. The molecule has 0 aliphatic rings. The Labute approximate surface area is 148 Å². The predicted molar refractivity (Wildman–Crippen MR) is 99.8 cm³/mol. The molecule has 4 heteroatoms. The maximum atomic E-state index is 12.8. The van der Waals surface area contributed by atoms with Crippen LogP contribution in [-0.4, -0.2) is 17.0 Å². The molecule has 0 saturated heterocycles. The molecule has 4 nitrogen and oxygen atoms in total. The van der Waals surface area contributed by atoms with Crippen molar-refractivity contribution in [3.63, 3.8) is 0 Å². The summed E-state index contributed by atoms with van der Waals surface area (Å²) in [6, 6.07) is 14.5. The van der Waals surface area contributed by atoms with E-state index in [9.17, 15) is 14.7 Å². The molecule has 25 heavy (non-hydrogen) atoms. The number of carbonyl (C=O) groups is 2. The third-order valence-corrected chi connectivity index (χ3v) is 3.86. The van der Waals surface area contributed by atoms with Gasteiger partial charge in [-0.15, -0.1) is 0 Å². The molecule has 0 fully saturated rings. The molecule has 0 unspecified atom stereocenters. The van der Waals surface area contributed by atoms with E-state index in [-0.39, 0.29) is 11.5 Å². The molecule has 2 aromatic rings. The summed E-state index contributed by atoms with van der Waals surface area (Å²) in [5.41, 5.74) is 3.85. The molecule has 130 valence electrons. The van der Waals surface area contributed by atoms with Crippen molar-refractivity contribution in [2.75, 3.05) is 4.90 Å². The zero-order valence-electron chi connectivity index (χ0n) is 14.8. The fourth-order valence-corrected chi connectivity index (χ4v) is 2.67. The molecule has 0 aliphatic heterocycles. The summed E-state index contributed by atoms with van der Waals surface area (Å²) in [6.45, 7) is 6.13. The number of para-hydroxylation sites is 1. The Bertz CT molecular complexity index is 804. The molecular formula is C21H23NO3. The van der Waals surface area contributed by atoms with Crippen molar-refractivity contribution in [2.45, 2.75) is 33.7 Å². The highest BCUT2D eigenvalue weighted by Crippen LogP contribution is 2.24. The topological polar surface area (TPSA) is 57.6 Å². The van der Waals surface area contributed by atoms with Gasteiger partial charge in [-0.05, 0) is 49.6 Å². The Hall–Kier alpha value is -2.88. The lowest BCUT2D eigenvalue weighted by atomic mass is 10.1.